The fraction of sp³-hybridized carbons (Fsp3) is 0.263. The van der Waals surface area contributed by atoms with Crippen LogP contribution in [0.4, 0.5) is 0 Å². The molecule has 0 bridgehead atoms. The monoisotopic (exact) mass is 341 g/mol. The van der Waals surface area contributed by atoms with Crippen LogP contribution < -0.4 is 5.32 Å². The number of aliphatic hydroxyl groups is 1. The molecule has 1 aromatic carbocycles. The SMILES string of the molecule is CC(C)CC1=NC(O)C(c2ccc(Cl)cc2)=C(c2ccncc2)N1. The number of nitrogens with zero attached hydrogens (tertiary/aromatic N) is 2. The van der Waals surface area contributed by atoms with Gasteiger partial charge >= 0.3 is 0 Å². The van der Waals surface area contributed by atoms with E-state index in [9.17, 15) is 5.11 Å². The number of amidine groups is 1. The predicted molar refractivity (Wildman–Crippen MR) is 98.5 cm³/mol. The number of halogens is 1. The molecule has 4 nitrogen and oxygen atoms in total. The molecule has 24 heavy (non-hydrogen) atoms. The quantitative estimate of drug-likeness (QED) is 0.884. The molecule has 0 saturated carbocycles. The van der Waals surface area contributed by atoms with E-state index < -0.39 is 6.23 Å². The van der Waals surface area contributed by atoms with Gasteiger partial charge in [0.25, 0.3) is 0 Å². The summed E-state index contributed by atoms with van der Waals surface area (Å²) < 4.78 is 0. The smallest absolute Gasteiger partial charge is 0.175 e. The number of aliphatic imine (C=N–C) groups is 1. The van der Waals surface area contributed by atoms with Crippen molar-refractivity contribution in [2.75, 3.05) is 0 Å². The fourth-order valence-electron chi connectivity index (χ4n) is 2.74. The number of aromatic nitrogens is 1. The Hall–Kier alpha value is -2.17. The zero-order valence-corrected chi connectivity index (χ0v) is 14.5. The van der Waals surface area contributed by atoms with E-state index in [1.807, 2.05) is 36.4 Å². The first-order valence-corrected chi connectivity index (χ1v) is 8.34. The van der Waals surface area contributed by atoms with Gasteiger partial charge in [-0.1, -0.05) is 37.6 Å². The minimum atomic E-state index is -0.913. The number of hydrogen-bond donors (Lipinski definition) is 2. The highest BCUT2D eigenvalue weighted by Gasteiger charge is 2.25. The third kappa shape index (κ3) is 3.66. The van der Waals surface area contributed by atoms with Gasteiger partial charge in [-0.05, 0) is 35.7 Å². The summed E-state index contributed by atoms with van der Waals surface area (Å²) in [4.78, 5) is 8.51. The lowest BCUT2D eigenvalue weighted by atomic mass is 9.96. The second-order valence-corrected chi connectivity index (χ2v) is 6.64. The molecular formula is C19H20ClN3O. The molecule has 1 aliphatic rings. The molecule has 1 aliphatic heterocycles. The number of rotatable bonds is 4. The Morgan fingerprint density at radius 3 is 2.38 bits per heavy atom. The van der Waals surface area contributed by atoms with E-state index in [2.05, 4.69) is 29.1 Å². The summed E-state index contributed by atoms with van der Waals surface area (Å²) in [6.07, 6.45) is 3.34. The molecule has 2 N–H and O–H groups in total. The van der Waals surface area contributed by atoms with Crippen LogP contribution in [0, 0.1) is 5.92 Å². The molecule has 3 rings (SSSR count). The molecule has 0 radical (unpaired) electrons. The van der Waals surface area contributed by atoms with Gasteiger partial charge in [0.2, 0.25) is 0 Å². The largest absolute Gasteiger partial charge is 0.368 e. The zero-order chi connectivity index (χ0) is 17.1. The summed E-state index contributed by atoms with van der Waals surface area (Å²) in [6, 6.07) is 11.3. The Bertz CT molecular complexity index is 767. The summed E-state index contributed by atoms with van der Waals surface area (Å²) in [5, 5.41) is 14.7. The second kappa shape index (κ2) is 7.16. The lowest BCUT2D eigenvalue weighted by Crippen LogP contribution is -2.32. The number of hydrogen-bond acceptors (Lipinski definition) is 4. The van der Waals surface area contributed by atoms with Crippen molar-refractivity contribution >= 4 is 28.7 Å². The maximum absolute atomic E-state index is 10.7. The van der Waals surface area contributed by atoms with Crippen LogP contribution in [0.2, 0.25) is 5.02 Å². The summed E-state index contributed by atoms with van der Waals surface area (Å²) in [6.45, 7) is 4.25. The van der Waals surface area contributed by atoms with Crippen LogP contribution in [0.5, 0.6) is 0 Å². The van der Waals surface area contributed by atoms with Gasteiger partial charge in [0.1, 0.15) is 5.84 Å². The van der Waals surface area contributed by atoms with Crippen LogP contribution in [0.25, 0.3) is 11.3 Å². The van der Waals surface area contributed by atoms with Crippen LogP contribution in [0.3, 0.4) is 0 Å². The van der Waals surface area contributed by atoms with E-state index in [0.717, 1.165) is 34.7 Å². The Labute approximate surface area is 146 Å². The second-order valence-electron chi connectivity index (χ2n) is 6.20. The van der Waals surface area contributed by atoms with Gasteiger partial charge < -0.3 is 10.4 Å². The van der Waals surface area contributed by atoms with Gasteiger partial charge in [-0.3, -0.25) is 4.98 Å². The van der Waals surface area contributed by atoms with Gasteiger partial charge in [0.15, 0.2) is 6.23 Å². The number of benzene rings is 1. The van der Waals surface area contributed by atoms with E-state index in [4.69, 9.17) is 11.6 Å². The van der Waals surface area contributed by atoms with E-state index >= 15 is 0 Å². The third-order valence-electron chi connectivity index (χ3n) is 3.80. The van der Waals surface area contributed by atoms with Gasteiger partial charge in [0.05, 0.1) is 5.70 Å². The Morgan fingerprint density at radius 2 is 1.75 bits per heavy atom. The van der Waals surface area contributed by atoms with Crippen molar-refractivity contribution < 1.29 is 5.11 Å². The summed E-state index contributed by atoms with van der Waals surface area (Å²) in [5.41, 5.74) is 3.45. The third-order valence-corrected chi connectivity index (χ3v) is 4.05. The molecule has 1 aromatic heterocycles. The van der Waals surface area contributed by atoms with Gasteiger partial charge in [-0.15, -0.1) is 0 Å². The van der Waals surface area contributed by atoms with E-state index in [0.29, 0.717) is 10.9 Å². The maximum atomic E-state index is 10.7. The lowest BCUT2D eigenvalue weighted by molar-refractivity contribution is 0.241. The summed E-state index contributed by atoms with van der Waals surface area (Å²) in [7, 11) is 0. The molecule has 0 spiro atoms. The first-order chi connectivity index (χ1) is 11.5. The topological polar surface area (TPSA) is 57.5 Å². The molecule has 0 aliphatic carbocycles. The molecule has 2 aromatic rings. The van der Waals surface area contributed by atoms with Crippen LogP contribution >= 0.6 is 11.6 Å². The van der Waals surface area contributed by atoms with E-state index in [-0.39, 0.29) is 0 Å². The number of nitrogens with one attached hydrogen (secondary N) is 1. The summed E-state index contributed by atoms with van der Waals surface area (Å²) in [5.74, 6) is 1.24. The molecular weight excluding hydrogens is 322 g/mol. The van der Waals surface area contributed by atoms with Crippen molar-refractivity contribution in [3.8, 4) is 0 Å². The van der Waals surface area contributed by atoms with Crippen molar-refractivity contribution in [2.24, 2.45) is 10.9 Å². The van der Waals surface area contributed by atoms with Gasteiger partial charge in [0, 0.05) is 35.0 Å². The first-order valence-electron chi connectivity index (χ1n) is 7.97. The Kier molecular flexibility index (Phi) is 4.97. The molecule has 124 valence electrons. The normalized spacial score (nSPS) is 17.7. The van der Waals surface area contributed by atoms with Crippen molar-refractivity contribution in [3.63, 3.8) is 0 Å². The fourth-order valence-corrected chi connectivity index (χ4v) is 2.87. The molecule has 0 saturated heterocycles. The molecule has 1 unspecified atom stereocenters. The van der Waals surface area contributed by atoms with Crippen molar-refractivity contribution in [1.82, 2.24) is 10.3 Å². The molecule has 5 heteroatoms. The van der Waals surface area contributed by atoms with Crippen molar-refractivity contribution in [1.29, 1.82) is 0 Å². The lowest BCUT2D eigenvalue weighted by Gasteiger charge is -2.27. The molecule has 1 atom stereocenters. The van der Waals surface area contributed by atoms with Crippen LogP contribution in [-0.4, -0.2) is 22.2 Å². The van der Waals surface area contributed by atoms with Crippen molar-refractivity contribution in [2.45, 2.75) is 26.5 Å². The van der Waals surface area contributed by atoms with Crippen LogP contribution in [-0.2, 0) is 0 Å². The maximum Gasteiger partial charge on any atom is 0.175 e. The van der Waals surface area contributed by atoms with Gasteiger partial charge in [-0.2, -0.15) is 0 Å². The standard InChI is InChI=1S/C19H20ClN3O/c1-12(2)11-16-22-18(14-7-9-21-10-8-14)17(19(24)23-16)13-3-5-15(20)6-4-13/h3-10,12,19,24H,11H2,1-2H3,(H,22,23). The van der Waals surface area contributed by atoms with Crippen LogP contribution in [0.1, 0.15) is 31.4 Å². The van der Waals surface area contributed by atoms with E-state index in [1.54, 1.807) is 12.4 Å². The van der Waals surface area contributed by atoms with Gasteiger partial charge in [-0.25, -0.2) is 4.99 Å². The highest BCUT2D eigenvalue weighted by molar-refractivity contribution is 6.30. The highest BCUT2D eigenvalue weighted by atomic mass is 35.5. The Morgan fingerprint density at radius 1 is 1.08 bits per heavy atom. The number of aliphatic hydroxyl groups excluding tert-OH is 1. The Balaban J connectivity index is 2.08. The zero-order valence-electron chi connectivity index (χ0n) is 13.7. The van der Waals surface area contributed by atoms with Crippen LogP contribution in [0.15, 0.2) is 53.8 Å². The molecule has 0 amide bonds. The average Bonchev–Trinajstić information content (AvgIpc) is 2.56. The number of pyridine rings is 1. The minimum Gasteiger partial charge on any atom is -0.368 e. The highest BCUT2D eigenvalue weighted by Crippen LogP contribution is 2.31. The first kappa shape index (κ1) is 16.7. The van der Waals surface area contributed by atoms with E-state index in [1.165, 1.54) is 0 Å². The minimum absolute atomic E-state index is 0.444. The average molecular weight is 342 g/mol. The predicted octanol–water partition coefficient (Wildman–Crippen LogP) is 3.97. The van der Waals surface area contributed by atoms with Crippen molar-refractivity contribution in [3.05, 3.63) is 64.9 Å². The summed E-state index contributed by atoms with van der Waals surface area (Å²) >= 11 is 5.99. The molecule has 2 heterocycles. The molecule has 0 fully saturated rings.